The zero-order chi connectivity index (χ0) is 12.3. The first-order valence-corrected chi connectivity index (χ1v) is 5.12. The fourth-order valence-electron chi connectivity index (χ4n) is 1.39. The smallest absolute Gasteiger partial charge is 0.335 e. The second-order valence-electron chi connectivity index (χ2n) is 3.61. The van der Waals surface area contributed by atoms with Crippen molar-refractivity contribution in [2.75, 3.05) is 5.32 Å². The number of hydrogen-bond donors (Lipinski definition) is 1. The van der Waals surface area contributed by atoms with Crippen molar-refractivity contribution in [3.05, 3.63) is 64.2 Å². The monoisotopic (exact) mass is 229 g/mol. The van der Waals surface area contributed by atoms with Crippen LogP contribution in [-0.2, 0) is 0 Å². The van der Waals surface area contributed by atoms with E-state index in [0.29, 0.717) is 5.56 Å². The Labute approximate surface area is 97.9 Å². The number of hydrogen-bond acceptors (Lipinski definition) is 3. The summed E-state index contributed by atoms with van der Waals surface area (Å²) in [5.41, 5.74) is 1.55. The van der Waals surface area contributed by atoms with Crippen molar-refractivity contribution in [3.63, 3.8) is 0 Å². The molecular formula is C13H11NO3. The van der Waals surface area contributed by atoms with Crippen molar-refractivity contribution in [2.24, 2.45) is 0 Å². The first-order chi connectivity index (χ1) is 8.16. The van der Waals surface area contributed by atoms with Gasteiger partial charge in [-0.05, 0) is 24.6 Å². The van der Waals surface area contributed by atoms with Gasteiger partial charge in [-0.3, -0.25) is 4.79 Å². The molecule has 1 N–H and O–H groups in total. The van der Waals surface area contributed by atoms with Crippen molar-refractivity contribution >= 4 is 11.6 Å². The number of para-hydroxylation sites is 1. The van der Waals surface area contributed by atoms with E-state index >= 15 is 0 Å². The zero-order valence-corrected chi connectivity index (χ0v) is 9.27. The Morgan fingerprint density at radius 3 is 2.59 bits per heavy atom. The summed E-state index contributed by atoms with van der Waals surface area (Å²) >= 11 is 0. The Hall–Kier alpha value is -2.36. The minimum absolute atomic E-state index is 0.303. The molecule has 0 aliphatic rings. The normalized spacial score (nSPS) is 9.94. The number of amides is 1. The molecule has 2 aromatic rings. The number of rotatable bonds is 2. The van der Waals surface area contributed by atoms with Crippen LogP contribution in [0.25, 0.3) is 0 Å². The van der Waals surface area contributed by atoms with Gasteiger partial charge in [0.15, 0.2) is 0 Å². The molecule has 1 heterocycles. The lowest BCUT2D eigenvalue weighted by Crippen LogP contribution is -2.13. The number of nitrogens with one attached hydrogen (secondary N) is 1. The van der Waals surface area contributed by atoms with Crippen LogP contribution in [0, 0.1) is 6.92 Å². The van der Waals surface area contributed by atoms with Gasteiger partial charge in [0.1, 0.15) is 6.26 Å². The lowest BCUT2D eigenvalue weighted by Gasteiger charge is -2.07. The molecule has 0 bridgehead atoms. The molecule has 2 rings (SSSR count). The molecule has 17 heavy (non-hydrogen) atoms. The van der Waals surface area contributed by atoms with Gasteiger partial charge in [0.05, 0.1) is 5.56 Å². The quantitative estimate of drug-likeness (QED) is 0.858. The predicted molar refractivity (Wildman–Crippen MR) is 64.1 cm³/mol. The molecule has 0 saturated heterocycles. The molecule has 1 aromatic carbocycles. The van der Waals surface area contributed by atoms with E-state index in [1.54, 1.807) is 0 Å². The van der Waals surface area contributed by atoms with Crippen LogP contribution in [0.4, 0.5) is 5.69 Å². The summed E-state index contributed by atoms with van der Waals surface area (Å²) in [6.45, 7) is 1.90. The Morgan fingerprint density at radius 1 is 1.18 bits per heavy atom. The molecule has 4 heteroatoms. The van der Waals surface area contributed by atoms with Gasteiger partial charge in [-0.2, -0.15) is 0 Å². The van der Waals surface area contributed by atoms with E-state index in [1.165, 1.54) is 12.1 Å². The minimum atomic E-state index is -0.475. The molecule has 0 saturated carbocycles. The maximum Gasteiger partial charge on any atom is 0.335 e. The van der Waals surface area contributed by atoms with E-state index in [9.17, 15) is 9.59 Å². The molecule has 1 aromatic heterocycles. The molecule has 0 atom stereocenters. The highest BCUT2D eigenvalue weighted by molar-refractivity contribution is 6.04. The number of benzene rings is 1. The maximum absolute atomic E-state index is 11.8. The molecule has 0 aliphatic heterocycles. The van der Waals surface area contributed by atoms with Crippen molar-refractivity contribution in [2.45, 2.75) is 6.92 Å². The van der Waals surface area contributed by atoms with Gasteiger partial charge in [-0.15, -0.1) is 0 Å². The van der Waals surface area contributed by atoms with E-state index in [1.807, 2.05) is 31.2 Å². The lowest BCUT2D eigenvalue weighted by molar-refractivity contribution is 0.102. The van der Waals surface area contributed by atoms with Gasteiger partial charge in [-0.1, -0.05) is 18.2 Å². The molecule has 4 nitrogen and oxygen atoms in total. The van der Waals surface area contributed by atoms with Gasteiger partial charge in [0, 0.05) is 11.8 Å². The average molecular weight is 229 g/mol. The molecule has 0 aliphatic carbocycles. The highest BCUT2D eigenvalue weighted by Gasteiger charge is 2.07. The minimum Gasteiger partial charge on any atom is -0.430 e. The van der Waals surface area contributed by atoms with Crippen molar-refractivity contribution in [3.8, 4) is 0 Å². The van der Waals surface area contributed by atoms with Crippen LogP contribution < -0.4 is 10.9 Å². The number of anilines is 1. The summed E-state index contributed by atoms with van der Waals surface area (Å²) in [4.78, 5) is 22.6. The topological polar surface area (TPSA) is 59.3 Å². The summed E-state index contributed by atoms with van der Waals surface area (Å²) in [5, 5.41) is 2.74. The van der Waals surface area contributed by atoms with E-state index in [2.05, 4.69) is 9.73 Å². The summed E-state index contributed by atoms with van der Waals surface area (Å²) in [6, 6.07) is 10.1. The van der Waals surface area contributed by atoms with Crippen LogP contribution in [-0.4, -0.2) is 5.91 Å². The van der Waals surface area contributed by atoms with Crippen molar-refractivity contribution < 1.29 is 9.21 Å². The first kappa shape index (κ1) is 11.1. The Kier molecular flexibility index (Phi) is 3.05. The molecule has 0 spiro atoms. The average Bonchev–Trinajstić information content (AvgIpc) is 2.33. The first-order valence-electron chi connectivity index (χ1n) is 5.12. The van der Waals surface area contributed by atoms with E-state index < -0.39 is 5.63 Å². The summed E-state index contributed by atoms with van der Waals surface area (Å²) in [6.07, 6.45) is 1.15. The van der Waals surface area contributed by atoms with E-state index in [0.717, 1.165) is 17.5 Å². The molecule has 1 amide bonds. The highest BCUT2D eigenvalue weighted by atomic mass is 16.4. The SMILES string of the molecule is Cc1ccccc1NC(=O)c1ccc(=O)oc1. The van der Waals surface area contributed by atoms with Crippen LogP contribution >= 0.6 is 0 Å². The summed E-state index contributed by atoms with van der Waals surface area (Å²) in [5.74, 6) is -0.303. The largest absolute Gasteiger partial charge is 0.430 e. The third-order valence-electron chi connectivity index (χ3n) is 2.36. The van der Waals surface area contributed by atoms with Crippen LogP contribution in [0.3, 0.4) is 0 Å². The van der Waals surface area contributed by atoms with Gasteiger partial charge in [0.2, 0.25) is 0 Å². The Bertz CT molecular complexity index is 581. The molecule has 86 valence electrons. The number of aryl methyl sites for hydroxylation is 1. The van der Waals surface area contributed by atoms with Gasteiger partial charge >= 0.3 is 5.63 Å². The van der Waals surface area contributed by atoms with Gasteiger partial charge in [-0.25, -0.2) is 4.79 Å². The standard InChI is InChI=1S/C13H11NO3/c1-9-4-2-3-5-11(9)14-13(16)10-6-7-12(15)17-8-10/h2-8H,1H3,(H,14,16). The highest BCUT2D eigenvalue weighted by Crippen LogP contribution is 2.14. The van der Waals surface area contributed by atoms with Crippen LogP contribution in [0.5, 0.6) is 0 Å². The number of carbonyl (C=O) groups excluding carboxylic acids is 1. The zero-order valence-electron chi connectivity index (χ0n) is 9.27. The van der Waals surface area contributed by atoms with E-state index in [-0.39, 0.29) is 5.91 Å². The second kappa shape index (κ2) is 4.65. The summed E-state index contributed by atoms with van der Waals surface area (Å²) < 4.78 is 4.63. The van der Waals surface area contributed by atoms with Crippen LogP contribution in [0.15, 0.2) is 51.9 Å². The lowest BCUT2D eigenvalue weighted by atomic mass is 10.2. The van der Waals surface area contributed by atoms with E-state index in [4.69, 9.17) is 0 Å². The summed E-state index contributed by atoms with van der Waals surface area (Å²) in [7, 11) is 0. The van der Waals surface area contributed by atoms with Crippen LogP contribution in [0.2, 0.25) is 0 Å². The maximum atomic E-state index is 11.8. The predicted octanol–water partition coefficient (Wildman–Crippen LogP) is 2.20. The third-order valence-corrected chi connectivity index (χ3v) is 2.36. The molecular weight excluding hydrogens is 218 g/mol. The third kappa shape index (κ3) is 2.60. The van der Waals surface area contributed by atoms with Crippen LogP contribution in [0.1, 0.15) is 15.9 Å². The second-order valence-corrected chi connectivity index (χ2v) is 3.61. The molecule has 0 fully saturated rings. The fourth-order valence-corrected chi connectivity index (χ4v) is 1.39. The number of carbonyl (C=O) groups is 1. The molecule has 0 unspecified atom stereocenters. The van der Waals surface area contributed by atoms with Crippen molar-refractivity contribution in [1.29, 1.82) is 0 Å². The Balaban J connectivity index is 2.20. The molecule has 0 radical (unpaired) electrons. The van der Waals surface area contributed by atoms with Gasteiger partial charge < -0.3 is 9.73 Å². The Morgan fingerprint density at radius 2 is 1.94 bits per heavy atom. The van der Waals surface area contributed by atoms with Crippen molar-refractivity contribution in [1.82, 2.24) is 0 Å². The van der Waals surface area contributed by atoms with Gasteiger partial charge in [0.25, 0.3) is 5.91 Å². The fraction of sp³-hybridized carbons (Fsp3) is 0.0769.